The van der Waals surface area contributed by atoms with Crippen molar-refractivity contribution in [1.82, 2.24) is 0 Å². The summed E-state index contributed by atoms with van der Waals surface area (Å²) >= 11 is 0. The van der Waals surface area contributed by atoms with E-state index < -0.39 is 17.0 Å². The summed E-state index contributed by atoms with van der Waals surface area (Å²) in [5.74, 6) is -0.720. The van der Waals surface area contributed by atoms with Crippen molar-refractivity contribution in [2.45, 2.75) is 13.5 Å². The van der Waals surface area contributed by atoms with Gasteiger partial charge in [0.1, 0.15) is 18.1 Å². The van der Waals surface area contributed by atoms with Gasteiger partial charge >= 0.3 is 11.9 Å². The lowest BCUT2D eigenvalue weighted by molar-refractivity contribution is -0.763. The number of benzene rings is 2. The van der Waals surface area contributed by atoms with Gasteiger partial charge in [0.25, 0.3) is 5.09 Å². The predicted molar refractivity (Wildman–Crippen MR) is 80.9 cm³/mol. The zero-order chi connectivity index (χ0) is 17.5. The molecular weight excluding hydrogens is 318 g/mol. The minimum Gasteiger partial charge on any atom is -0.427 e. The van der Waals surface area contributed by atoms with Gasteiger partial charge in [-0.25, -0.2) is 4.79 Å². The lowest BCUT2D eigenvalue weighted by atomic mass is 10.2. The summed E-state index contributed by atoms with van der Waals surface area (Å²) in [6.45, 7) is 1.00. The Balaban J connectivity index is 2.08. The van der Waals surface area contributed by atoms with Crippen LogP contribution < -0.4 is 9.47 Å². The lowest BCUT2D eigenvalue weighted by Crippen LogP contribution is -2.10. The number of hydrogen-bond donors (Lipinski definition) is 0. The van der Waals surface area contributed by atoms with Crippen molar-refractivity contribution in [3.63, 3.8) is 0 Å². The summed E-state index contributed by atoms with van der Waals surface area (Å²) < 4.78 is 10.1. The molecule has 0 bridgehead atoms. The summed E-state index contributed by atoms with van der Waals surface area (Å²) in [5.41, 5.74) is 0.673. The van der Waals surface area contributed by atoms with E-state index in [1.54, 1.807) is 18.2 Å². The van der Waals surface area contributed by atoms with E-state index in [1.807, 2.05) is 0 Å². The van der Waals surface area contributed by atoms with Crippen molar-refractivity contribution < 1.29 is 29.0 Å². The first-order valence-corrected chi connectivity index (χ1v) is 6.81. The van der Waals surface area contributed by atoms with Crippen LogP contribution in [0.3, 0.4) is 0 Å². The van der Waals surface area contributed by atoms with Crippen molar-refractivity contribution >= 4 is 11.9 Å². The van der Waals surface area contributed by atoms with Crippen LogP contribution in [0.25, 0.3) is 0 Å². The first-order valence-electron chi connectivity index (χ1n) is 6.81. The number of rotatable bonds is 6. The van der Waals surface area contributed by atoms with Gasteiger partial charge in [0.15, 0.2) is 0 Å². The first-order chi connectivity index (χ1) is 11.4. The van der Waals surface area contributed by atoms with Crippen LogP contribution in [0.2, 0.25) is 0 Å². The van der Waals surface area contributed by atoms with Crippen molar-refractivity contribution in [3.8, 4) is 11.5 Å². The molecule has 0 saturated heterocycles. The number of nitrogens with zero attached hydrogens (tertiary/aromatic N) is 1. The molecule has 0 unspecified atom stereocenters. The molecule has 0 fully saturated rings. The van der Waals surface area contributed by atoms with E-state index in [2.05, 4.69) is 4.84 Å². The highest BCUT2D eigenvalue weighted by Gasteiger charge is 2.11. The van der Waals surface area contributed by atoms with Crippen molar-refractivity contribution in [2.75, 3.05) is 0 Å². The Morgan fingerprint density at radius 1 is 1.04 bits per heavy atom. The summed E-state index contributed by atoms with van der Waals surface area (Å²) in [6.07, 6.45) is 0. The van der Waals surface area contributed by atoms with E-state index in [0.717, 1.165) is 0 Å². The highest BCUT2D eigenvalue weighted by atomic mass is 16.9. The Morgan fingerprint density at radius 3 is 2.38 bits per heavy atom. The van der Waals surface area contributed by atoms with Crippen LogP contribution in [0.5, 0.6) is 11.5 Å². The van der Waals surface area contributed by atoms with E-state index in [1.165, 1.54) is 37.3 Å². The van der Waals surface area contributed by atoms with E-state index in [-0.39, 0.29) is 23.7 Å². The van der Waals surface area contributed by atoms with Gasteiger partial charge in [-0.05, 0) is 35.9 Å². The summed E-state index contributed by atoms with van der Waals surface area (Å²) in [5, 5.41) is 9.29. The second kappa shape index (κ2) is 7.73. The van der Waals surface area contributed by atoms with Gasteiger partial charge in [-0.3, -0.25) is 4.79 Å². The molecule has 0 radical (unpaired) electrons. The van der Waals surface area contributed by atoms with Crippen LogP contribution in [0.1, 0.15) is 22.8 Å². The highest BCUT2D eigenvalue weighted by molar-refractivity contribution is 5.91. The largest absolute Gasteiger partial charge is 0.427 e. The minimum absolute atomic E-state index is 0.195. The Kier molecular flexibility index (Phi) is 5.45. The quantitative estimate of drug-likeness (QED) is 0.346. The van der Waals surface area contributed by atoms with Crippen LogP contribution >= 0.6 is 0 Å². The molecule has 8 nitrogen and oxygen atoms in total. The molecule has 0 aliphatic carbocycles. The third kappa shape index (κ3) is 5.09. The van der Waals surface area contributed by atoms with Gasteiger partial charge in [0.05, 0.1) is 5.56 Å². The zero-order valence-corrected chi connectivity index (χ0v) is 12.6. The van der Waals surface area contributed by atoms with Gasteiger partial charge < -0.3 is 14.3 Å². The Morgan fingerprint density at radius 2 is 1.71 bits per heavy atom. The molecule has 0 aliphatic rings. The van der Waals surface area contributed by atoms with Crippen LogP contribution in [0.4, 0.5) is 0 Å². The average Bonchev–Trinajstić information content (AvgIpc) is 2.53. The van der Waals surface area contributed by atoms with Crippen molar-refractivity contribution in [3.05, 3.63) is 69.8 Å². The second-order valence-electron chi connectivity index (χ2n) is 4.66. The molecule has 0 amide bonds. The predicted octanol–water partition coefficient (Wildman–Crippen LogP) is 2.54. The van der Waals surface area contributed by atoms with Crippen molar-refractivity contribution in [2.24, 2.45) is 0 Å². The third-order valence-electron chi connectivity index (χ3n) is 2.78. The molecule has 0 spiro atoms. The van der Waals surface area contributed by atoms with E-state index in [4.69, 9.17) is 9.47 Å². The number of hydrogen-bond acceptors (Lipinski definition) is 7. The number of carbonyl (C=O) groups is 2. The molecule has 2 aromatic rings. The fourth-order valence-corrected chi connectivity index (χ4v) is 1.84. The molecule has 24 heavy (non-hydrogen) atoms. The lowest BCUT2D eigenvalue weighted by Gasteiger charge is -2.07. The molecule has 2 aromatic carbocycles. The standard InChI is InChI=1S/C16H13NO7/c1-11(18)23-15-7-3-5-13(9-15)16(19)24-14-6-2-4-12(8-14)10-22-17(20)21/h2-9H,10H2,1H3. The molecule has 0 heterocycles. The van der Waals surface area contributed by atoms with Crippen LogP contribution in [0.15, 0.2) is 48.5 Å². The van der Waals surface area contributed by atoms with E-state index in [9.17, 15) is 19.7 Å². The summed E-state index contributed by atoms with van der Waals surface area (Å²) in [7, 11) is 0. The SMILES string of the molecule is CC(=O)Oc1cccc(C(=O)Oc2cccc(CO[N+](=O)[O-])c2)c1. The Labute approximate surface area is 136 Å². The monoisotopic (exact) mass is 331 g/mol. The molecular formula is C16H13NO7. The van der Waals surface area contributed by atoms with Gasteiger partial charge in [-0.2, -0.15) is 0 Å². The Bertz CT molecular complexity index is 773. The molecule has 0 aliphatic heterocycles. The molecule has 0 aromatic heterocycles. The molecule has 0 atom stereocenters. The molecule has 2 rings (SSSR count). The normalized spacial score (nSPS) is 9.88. The van der Waals surface area contributed by atoms with Gasteiger partial charge in [-0.1, -0.05) is 18.2 Å². The Hall–Kier alpha value is -3.42. The maximum Gasteiger partial charge on any atom is 0.343 e. The van der Waals surface area contributed by atoms with Crippen LogP contribution in [-0.4, -0.2) is 17.0 Å². The van der Waals surface area contributed by atoms with Gasteiger partial charge in [0.2, 0.25) is 0 Å². The zero-order valence-electron chi connectivity index (χ0n) is 12.6. The maximum absolute atomic E-state index is 12.1. The van der Waals surface area contributed by atoms with Crippen LogP contribution in [-0.2, 0) is 16.2 Å². The fraction of sp³-hybridized carbons (Fsp3) is 0.125. The fourth-order valence-electron chi connectivity index (χ4n) is 1.84. The number of esters is 2. The topological polar surface area (TPSA) is 105 Å². The molecule has 8 heteroatoms. The van der Waals surface area contributed by atoms with Crippen LogP contribution in [0, 0.1) is 10.1 Å². The van der Waals surface area contributed by atoms with E-state index >= 15 is 0 Å². The number of ether oxygens (including phenoxy) is 2. The van der Waals surface area contributed by atoms with Gasteiger partial charge in [0, 0.05) is 6.92 Å². The van der Waals surface area contributed by atoms with E-state index in [0.29, 0.717) is 5.56 Å². The smallest absolute Gasteiger partial charge is 0.343 e. The third-order valence-corrected chi connectivity index (χ3v) is 2.78. The maximum atomic E-state index is 12.1. The minimum atomic E-state index is -0.904. The first kappa shape index (κ1) is 16.9. The number of carbonyl (C=O) groups excluding carboxylic acids is 2. The second-order valence-corrected chi connectivity index (χ2v) is 4.66. The molecule has 0 saturated carbocycles. The molecule has 124 valence electrons. The average molecular weight is 331 g/mol. The summed E-state index contributed by atoms with van der Waals surface area (Å²) in [6, 6.07) is 12.1. The summed E-state index contributed by atoms with van der Waals surface area (Å²) in [4.78, 5) is 37.5. The van der Waals surface area contributed by atoms with Gasteiger partial charge in [-0.15, -0.1) is 10.1 Å². The molecule has 0 N–H and O–H groups in total. The highest BCUT2D eigenvalue weighted by Crippen LogP contribution is 2.18. The van der Waals surface area contributed by atoms with Crippen molar-refractivity contribution in [1.29, 1.82) is 0 Å².